The Morgan fingerprint density at radius 3 is 2.68 bits per heavy atom. The molecule has 1 aromatic carbocycles. The van der Waals surface area contributed by atoms with Crippen LogP contribution in [0.3, 0.4) is 0 Å². The second-order valence-corrected chi connectivity index (χ2v) is 7.22. The van der Waals surface area contributed by atoms with Gasteiger partial charge in [0.15, 0.2) is 0 Å². The Morgan fingerprint density at radius 1 is 1.28 bits per heavy atom. The van der Waals surface area contributed by atoms with E-state index < -0.39 is 0 Å². The molecule has 2 aromatic rings. The molecule has 7 heteroatoms. The van der Waals surface area contributed by atoms with Gasteiger partial charge in [0.1, 0.15) is 5.82 Å². The van der Waals surface area contributed by atoms with E-state index in [1.807, 2.05) is 16.8 Å². The average Bonchev–Trinajstić information content (AvgIpc) is 3.34. The van der Waals surface area contributed by atoms with Crippen molar-refractivity contribution in [2.45, 2.75) is 32.2 Å². The zero-order valence-electron chi connectivity index (χ0n) is 14.0. The minimum Gasteiger partial charge on any atom is -0.352 e. The third kappa shape index (κ3) is 4.69. The Kier molecular flexibility index (Phi) is 5.53. The molecule has 0 spiro atoms. The summed E-state index contributed by atoms with van der Waals surface area (Å²) in [5, 5.41) is 9.95. The van der Waals surface area contributed by atoms with Crippen LogP contribution in [0.15, 0.2) is 41.0 Å². The van der Waals surface area contributed by atoms with Gasteiger partial charge in [-0.1, -0.05) is 15.9 Å². The highest BCUT2D eigenvalue weighted by molar-refractivity contribution is 9.10. The standard InChI is InChI=1S/C18H21BrN4O2/c1-12(13-2-3-13)23-16(8-11-21-23)22-17(24)9-10-20-18(25)14-4-6-15(19)7-5-14/h4-8,11-13H,2-3,9-10H2,1H3,(H,20,25)(H,22,24). The van der Waals surface area contributed by atoms with Gasteiger partial charge in [-0.05, 0) is 49.9 Å². The summed E-state index contributed by atoms with van der Waals surface area (Å²) in [6, 6.07) is 9.18. The molecule has 25 heavy (non-hydrogen) atoms. The number of carbonyl (C=O) groups is 2. The Morgan fingerprint density at radius 2 is 2.00 bits per heavy atom. The van der Waals surface area contributed by atoms with Crippen molar-refractivity contribution in [2.24, 2.45) is 5.92 Å². The highest BCUT2D eigenvalue weighted by Gasteiger charge is 2.30. The van der Waals surface area contributed by atoms with E-state index in [-0.39, 0.29) is 24.8 Å². The number of rotatable bonds is 7. The summed E-state index contributed by atoms with van der Waals surface area (Å²) in [6.07, 6.45) is 4.35. The van der Waals surface area contributed by atoms with Crippen molar-refractivity contribution in [3.8, 4) is 0 Å². The first kappa shape index (κ1) is 17.7. The zero-order chi connectivity index (χ0) is 17.8. The Bertz CT molecular complexity index is 753. The lowest BCUT2D eigenvalue weighted by molar-refractivity contribution is -0.116. The monoisotopic (exact) mass is 404 g/mol. The van der Waals surface area contributed by atoms with Gasteiger partial charge in [0.2, 0.25) is 5.91 Å². The van der Waals surface area contributed by atoms with Crippen molar-refractivity contribution in [2.75, 3.05) is 11.9 Å². The molecule has 132 valence electrons. The van der Waals surface area contributed by atoms with E-state index in [1.165, 1.54) is 12.8 Å². The van der Waals surface area contributed by atoms with Crippen molar-refractivity contribution in [3.63, 3.8) is 0 Å². The first-order valence-electron chi connectivity index (χ1n) is 8.41. The number of benzene rings is 1. The second-order valence-electron chi connectivity index (χ2n) is 6.30. The number of nitrogens with one attached hydrogen (secondary N) is 2. The second kappa shape index (κ2) is 7.82. The van der Waals surface area contributed by atoms with Crippen LogP contribution in [0, 0.1) is 5.92 Å². The van der Waals surface area contributed by atoms with Crippen LogP contribution in [0.4, 0.5) is 5.82 Å². The zero-order valence-corrected chi connectivity index (χ0v) is 15.6. The smallest absolute Gasteiger partial charge is 0.251 e. The highest BCUT2D eigenvalue weighted by atomic mass is 79.9. The van der Waals surface area contributed by atoms with E-state index in [0.717, 1.165) is 4.47 Å². The molecule has 2 N–H and O–H groups in total. The number of aromatic nitrogens is 2. The van der Waals surface area contributed by atoms with Crippen molar-refractivity contribution in [3.05, 3.63) is 46.6 Å². The maximum atomic E-state index is 12.1. The van der Waals surface area contributed by atoms with Crippen LogP contribution >= 0.6 is 15.9 Å². The SMILES string of the molecule is CC(C1CC1)n1nccc1NC(=O)CCNC(=O)c1ccc(Br)cc1. The quantitative estimate of drug-likeness (QED) is 0.742. The number of hydrogen-bond acceptors (Lipinski definition) is 3. The number of anilines is 1. The molecule has 1 aliphatic carbocycles. The van der Waals surface area contributed by atoms with Gasteiger partial charge < -0.3 is 10.6 Å². The first-order valence-corrected chi connectivity index (χ1v) is 9.21. The lowest BCUT2D eigenvalue weighted by Crippen LogP contribution is -2.28. The van der Waals surface area contributed by atoms with Gasteiger partial charge in [0.25, 0.3) is 5.91 Å². The summed E-state index contributed by atoms with van der Waals surface area (Å²) in [6.45, 7) is 2.41. The number of nitrogens with zero attached hydrogens (tertiary/aromatic N) is 2. The minimum absolute atomic E-state index is 0.138. The normalized spacial score (nSPS) is 14.8. The maximum absolute atomic E-state index is 12.1. The predicted molar refractivity (Wildman–Crippen MR) is 99.4 cm³/mol. The van der Waals surface area contributed by atoms with E-state index in [0.29, 0.717) is 23.3 Å². The molecule has 0 aliphatic heterocycles. The maximum Gasteiger partial charge on any atom is 0.251 e. The van der Waals surface area contributed by atoms with Gasteiger partial charge in [-0.15, -0.1) is 0 Å². The molecule has 1 saturated carbocycles. The molecule has 2 amide bonds. The van der Waals surface area contributed by atoms with Gasteiger partial charge in [0.05, 0.1) is 12.2 Å². The summed E-state index contributed by atoms with van der Waals surface area (Å²) in [5.74, 6) is 1.04. The fourth-order valence-electron chi connectivity index (χ4n) is 2.71. The molecule has 6 nitrogen and oxygen atoms in total. The van der Waals surface area contributed by atoms with Crippen molar-refractivity contribution in [1.82, 2.24) is 15.1 Å². The van der Waals surface area contributed by atoms with Crippen molar-refractivity contribution in [1.29, 1.82) is 0 Å². The lowest BCUT2D eigenvalue weighted by atomic mass is 10.2. The van der Waals surface area contributed by atoms with Gasteiger partial charge in [-0.25, -0.2) is 4.68 Å². The van der Waals surface area contributed by atoms with E-state index >= 15 is 0 Å². The fraction of sp³-hybridized carbons (Fsp3) is 0.389. The minimum atomic E-state index is -0.187. The van der Waals surface area contributed by atoms with Crippen molar-refractivity contribution >= 4 is 33.6 Å². The summed E-state index contributed by atoms with van der Waals surface area (Å²) in [5.41, 5.74) is 0.569. The fourth-order valence-corrected chi connectivity index (χ4v) is 2.98. The largest absolute Gasteiger partial charge is 0.352 e. The molecule has 1 fully saturated rings. The van der Waals surface area contributed by atoms with Crippen LogP contribution in [-0.2, 0) is 4.79 Å². The molecule has 0 saturated heterocycles. The first-order chi connectivity index (χ1) is 12.0. The molecule has 1 unspecified atom stereocenters. The lowest BCUT2D eigenvalue weighted by Gasteiger charge is -2.15. The molecule has 1 atom stereocenters. The Balaban J connectivity index is 1.46. The van der Waals surface area contributed by atoms with Crippen LogP contribution in [0.1, 0.15) is 42.6 Å². The highest BCUT2D eigenvalue weighted by Crippen LogP contribution is 2.40. The summed E-state index contributed by atoms with van der Waals surface area (Å²) >= 11 is 3.33. The van der Waals surface area contributed by atoms with Crippen LogP contribution < -0.4 is 10.6 Å². The molecular weight excluding hydrogens is 384 g/mol. The molecular formula is C18H21BrN4O2. The molecule has 1 aromatic heterocycles. The molecule has 1 aliphatic rings. The van der Waals surface area contributed by atoms with Gasteiger partial charge >= 0.3 is 0 Å². The number of carbonyl (C=O) groups excluding carboxylic acids is 2. The average molecular weight is 405 g/mol. The van der Waals surface area contributed by atoms with E-state index in [4.69, 9.17) is 0 Å². The molecule has 0 bridgehead atoms. The van der Waals surface area contributed by atoms with Gasteiger partial charge in [-0.2, -0.15) is 5.10 Å². The van der Waals surface area contributed by atoms with Crippen LogP contribution in [-0.4, -0.2) is 28.1 Å². The summed E-state index contributed by atoms with van der Waals surface area (Å²) in [4.78, 5) is 24.1. The molecule has 1 heterocycles. The van der Waals surface area contributed by atoms with Gasteiger partial charge in [0, 0.05) is 29.1 Å². The van der Waals surface area contributed by atoms with E-state index in [1.54, 1.807) is 24.4 Å². The third-order valence-electron chi connectivity index (χ3n) is 4.37. The summed E-state index contributed by atoms with van der Waals surface area (Å²) < 4.78 is 2.79. The number of amides is 2. The molecule has 3 rings (SSSR count). The van der Waals surface area contributed by atoms with E-state index in [2.05, 4.69) is 38.6 Å². The number of hydrogen-bond donors (Lipinski definition) is 2. The Labute approximate surface area is 155 Å². The molecule has 0 radical (unpaired) electrons. The topological polar surface area (TPSA) is 76.0 Å². The third-order valence-corrected chi connectivity index (χ3v) is 4.90. The summed E-state index contributed by atoms with van der Waals surface area (Å²) in [7, 11) is 0. The predicted octanol–water partition coefficient (Wildman–Crippen LogP) is 3.38. The number of halogens is 1. The van der Waals surface area contributed by atoms with Crippen LogP contribution in [0.5, 0.6) is 0 Å². The van der Waals surface area contributed by atoms with E-state index in [9.17, 15) is 9.59 Å². The van der Waals surface area contributed by atoms with Crippen LogP contribution in [0.25, 0.3) is 0 Å². The van der Waals surface area contributed by atoms with Crippen LogP contribution in [0.2, 0.25) is 0 Å². The Hall–Kier alpha value is -2.15. The van der Waals surface area contributed by atoms with Crippen molar-refractivity contribution < 1.29 is 9.59 Å². The van der Waals surface area contributed by atoms with Gasteiger partial charge in [-0.3, -0.25) is 9.59 Å².